The summed E-state index contributed by atoms with van der Waals surface area (Å²) >= 11 is 0. The Morgan fingerprint density at radius 1 is 1.40 bits per heavy atom. The van der Waals surface area contributed by atoms with Gasteiger partial charge in [-0.05, 0) is 40.2 Å². The first kappa shape index (κ1) is 12.7. The van der Waals surface area contributed by atoms with Gasteiger partial charge in [-0.2, -0.15) is 0 Å². The van der Waals surface area contributed by atoms with E-state index >= 15 is 0 Å². The molecule has 1 N–H and O–H groups in total. The summed E-state index contributed by atoms with van der Waals surface area (Å²) in [7, 11) is 0. The van der Waals surface area contributed by atoms with E-state index in [1.54, 1.807) is 0 Å². The lowest BCUT2D eigenvalue weighted by atomic mass is 10.0. The van der Waals surface area contributed by atoms with Crippen LogP contribution in [0.25, 0.3) is 0 Å². The van der Waals surface area contributed by atoms with E-state index in [0.717, 1.165) is 6.54 Å². The summed E-state index contributed by atoms with van der Waals surface area (Å²) < 4.78 is 0. The predicted molar refractivity (Wildman–Crippen MR) is 67.2 cm³/mol. The topological polar surface area (TPSA) is 15.3 Å². The zero-order valence-electron chi connectivity index (χ0n) is 10.5. The van der Waals surface area contributed by atoms with Gasteiger partial charge in [-0.3, -0.25) is 4.90 Å². The van der Waals surface area contributed by atoms with E-state index in [4.69, 9.17) is 0 Å². The maximum absolute atomic E-state index is 3.62. The average Bonchev–Trinajstić information content (AvgIpc) is 2.25. The van der Waals surface area contributed by atoms with E-state index in [2.05, 4.69) is 43.1 Å². The van der Waals surface area contributed by atoms with Crippen LogP contribution in [-0.4, -0.2) is 36.6 Å². The second kappa shape index (κ2) is 7.02. The fourth-order valence-electron chi connectivity index (χ4n) is 2.10. The van der Waals surface area contributed by atoms with Crippen molar-refractivity contribution in [2.24, 2.45) is 0 Å². The highest BCUT2D eigenvalue weighted by Crippen LogP contribution is 2.10. The van der Waals surface area contributed by atoms with Crippen molar-refractivity contribution in [3.63, 3.8) is 0 Å². The molecule has 2 nitrogen and oxygen atoms in total. The van der Waals surface area contributed by atoms with Crippen LogP contribution in [0.2, 0.25) is 0 Å². The van der Waals surface area contributed by atoms with Gasteiger partial charge in [-0.1, -0.05) is 18.6 Å². The molecule has 1 atom stereocenters. The van der Waals surface area contributed by atoms with Gasteiger partial charge in [0.25, 0.3) is 0 Å². The van der Waals surface area contributed by atoms with Crippen molar-refractivity contribution in [1.29, 1.82) is 0 Å². The third kappa shape index (κ3) is 4.80. The lowest BCUT2D eigenvalue weighted by Gasteiger charge is -2.32. The third-order valence-corrected chi connectivity index (χ3v) is 3.17. The van der Waals surface area contributed by atoms with Crippen LogP contribution in [-0.2, 0) is 0 Å². The molecule has 0 spiro atoms. The van der Waals surface area contributed by atoms with E-state index < -0.39 is 0 Å². The largest absolute Gasteiger partial charge is 0.313 e. The highest BCUT2D eigenvalue weighted by molar-refractivity contribution is 4.85. The molecule has 0 amide bonds. The monoisotopic (exact) mass is 210 g/mol. The highest BCUT2D eigenvalue weighted by Gasteiger charge is 2.17. The normalized spacial score (nSPS) is 23.1. The molecule has 1 fully saturated rings. The molecule has 88 valence electrons. The molecular weight excluding hydrogens is 184 g/mol. The van der Waals surface area contributed by atoms with Gasteiger partial charge >= 0.3 is 0 Å². The number of nitrogens with zero attached hydrogens (tertiary/aromatic N) is 1. The van der Waals surface area contributed by atoms with Crippen LogP contribution in [0, 0.1) is 0 Å². The van der Waals surface area contributed by atoms with Crippen LogP contribution < -0.4 is 5.32 Å². The molecule has 1 saturated heterocycles. The minimum atomic E-state index is 0.643. The second-order valence-electron chi connectivity index (χ2n) is 4.76. The number of hydrogen-bond donors (Lipinski definition) is 1. The van der Waals surface area contributed by atoms with Crippen molar-refractivity contribution in [1.82, 2.24) is 10.2 Å². The summed E-state index contributed by atoms with van der Waals surface area (Å²) in [4.78, 5) is 2.54. The van der Waals surface area contributed by atoms with Crippen molar-refractivity contribution in [2.45, 2.75) is 52.1 Å². The van der Waals surface area contributed by atoms with Crippen molar-refractivity contribution in [3.05, 3.63) is 12.2 Å². The molecule has 0 aliphatic carbocycles. The van der Waals surface area contributed by atoms with Crippen molar-refractivity contribution >= 4 is 0 Å². The Hall–Kier alpha value is -0.340. The molecule has 0 aromatic heterocycles. The molecule has 15 heavy (non-hydrogen) atoms. The minimum absolute atomic E-state index is 0.643. The van der Waals surface area contributed by atoms with Crippen LogP contribution in [0.1, 0.15) is 40.0 Å². The first-order valence-electron chi connectivity index (χ1n) is 6.32. The second-order valence-corrected chi connectivity index (χ2v) is 4.76. The standard InChI is InChI=1S/C13H26N2/c1-4-5-10-15(12(2)3)11-13-8-6-7-9-14-13/h4-5,12-14H,6-11H2,1-3H3/b5-4+. The molecule has 1 unspecified atom stereocenters. The Kier molecular flexibility index (Phi) is 5.96. The van der Waals surface area contributed by atoms with E-state index in [0.29, 0.717) is 12.1 Å². The number of hydrogen-bond acceptors (Lipinski definition) is 2. The summed E-state index contributed by atoms with van der Waals surface area (Å²) in [6.07, 6.45) is 8.49. The van der Waals surface area contributed by atoms with Gasteiger partial charge in [0.1, 0.15) is 0 Å². The number of allylic oxidation sites excluding steroid dienone is 1. The molecule has 2 heteroatoms. The molecule has 1 rings (SSSR count). The van der Waals surface area contributed by atoms with Crippen LogP contribution in [0.15, 0.2) is 12.2 Å². The van der Waals surface area contributed by atoms with Crippen LogP contribution in [0.5, 0.6) is 0 Å². The van der Waals surface area contributed by atoms with Crippen LogP contribution in [0.3, 0.4) is 0 Å². The summed E-state index contributed by atoms with van der Waals surface area (Å²) in [5.74, 6) is 0. The molecule has 0 aromatic carbocycles. The molecule has 1 aliphatic rings. The number of nitrogens with one attached hydrogen (secondary N) is 1. The molecule has 1 heterocycles. The summed E-state index contributed by atoms with van der Waals surface area (Å²) in [6, 6.07) is 1.36. The Morgan fingerprint density at radius 3 is 2.73 bits per heavy atom. The van der Waals surface area contributed by atoms with Gasteiger partial charge in [0.2, 0.25) is 0 Å². The summed E-state index contributed by atoms with van der Waals surface area (Å²) in [5, 5.41) is 3.62. The Bertz CT molecular complexity index is 181. The number of piperidine rings is 1. The molecular formula is C13H26N2. The van der Waals surface area contributed by atoms with Crippen LogP contribution >= 0.6 is 0 Å². The highest BCUT2D eigenvalue weighted by atomic mass is 15.2. The zero-order valence-corrected chi connectivity index (χ0v) is 10.5. The van der Waals surface area contributed by atoms with Gasteiger partial charge in [-0.25, -0.2) is 0 Å². The van der Waals surface area contributed by atoms with Gasteiger partial charge in [-0.15, -0.1) is 0 Å². The number of rotatable bonds is 5. The lowest BCUT2D eigenvalue weighted by molar-refractivity contribution is 0.203. The van der Waals surface area contributed by atoms with E-state index in [9.17, 15) is 0 Å². The fraction of sp³-hybridized carbons (Fsp3) is 0.846. The van der Waals surface area contributed by atoms with Crippen molar-refractivity contribution in [2.75, 3.05) is 19.6 Å². The zero-order chi connectivity index (χ0) is 11.1. The maximum atomic E-state index is 3.62. The Labute approximate surface area is 94.7 Å². The first-order valence-corrected chi connectivity index (χ1v) is 6.32. The van der Waals surface area contributed by atoms with E-state index in [1.165, 1.54) is 32.4 Å². The van der Waals surface area contributed by atoms with E-state index in [-0.39, 0.29) is 0 Å². The lowest BCUT2D eigenvalue weighted by Crippen LogP contribution is -2.45. The van der Waals surface area contributed by atoms with Gasteiger partial charge < -0.3 is 5.32 Å². The molecule has 0 radical (unpaired) electrons. The molecule has 1 aliphatic heterocycles. The SMILES string of the molecule is C/C=C/CN(CC1CCCCN1)C(C)C. The minimum Gasteiger partial charge on any atom is -0.313 e. The fourth-order valence-corrected chi connectivity index (χ4v) is 2.10. The summed E-state index contributed by atoms with van der Waals surface area (Å²) in [6.45, 7) is 10.2. The molecule has 0 saturated carbocycles. The van der Waals surface area contributed by atoms with Gasteiger partial charge in [0.05, 0.1) is 0 Å². The summed E-state index contributed by atoms with van der Waals surface area (Å²) in [5.41, 5.74) is 0. The van der Waals surface area contributed by atoms with Crippen molar-refractivity contribution < 1.29 is 0 Å². The first-order chi connectivity index (χ1) is 7.24. The third-order valence-electron chi connectivity index (χ3n) is 3.17. The van der Waals surface area contributed by atoms with Crippen molar-refractivity contribution in [3.8, 4) is 0 Å². The Balaban J connectivity index is 2.35. The average molecular weight is 210 g/mol. The molecule has 0 bridgehead atoms. The van der Waals surface area contributed by atoms with Crippen LogP contribution in [0.4, 0.5) is 0 Å². The maximum Gasteiger partial charge on any atom is 0.0195 e. The van der Waals surface area contributed by atoms with Gasteiger partial charge in [0.15, 0.2) is 0 Å². The van der Waals surface area contributed by atoms with E-state index in [1.807, 2.05) is 0 Å². The predicted octanol–water partition coefficient (Wildman–Crippen LogP) is 2.42. The Morgan fingerprint density at radius 2 is 2.20 bits per heavy atom. The smallest absolute Gasteiger partial charge is 0.0195 e. The van der Waals surface area contributed by atoms with Gasteiger partial charge in [0, 0.05) is 25.2 Å². The quantitative estimate of drug-likeness (QED) is 0.701. The molecule has 0 aromatic rings.